The minimum Gasteiger partial charge on any atom is -0.431 e. The molecule has 3 nitrogen and oxygen atoms in total. The molecule has 0 unspecified atom stereocenters. The van der Waals surface area contributed by atoms with Gasteiger partial charge in [-0.3, -0.25) is 0 Å². The number of thioether (sulfide) groups is 1. The molecule has 0 radical (unpaired) electrons. The number of halogens is 3. The molecule has 0 spiro atoms. The summed E-state index contributed by atoms with van der Waals surface area (Å²) in [6.07, 6.45) is 0.730. The maximum atomic E-state index is 6.07. The van der Waals surface area contributed by atoms with Crippen LogP contribution in [0.5, 0.6) is 0 Å². The van der Waals surface area contributed by atoms with Gasteiger partial charge in [-0.2, -0.15) is 0 Å². The summed E-state index contributed by atoms with van der Waals surface area (Å²) in [5, 5.41) is 5.46. The fourth-order valence-electron chi connectivity index (χ4n) is 2.40. The standard InChI is InChI=1S/C18H11Cl3N2OS2/c19-11-2-4-15-16(7-11)24-18(23-15)26-9-12-8-25-17(22-12)6-10-1-3-13(20)14(21)5-10/h1-5,7-8H,6,9H2. The average molecular weight is 442 g/mol. The molecule has 0 atom stereocenters. The lowest BCUT2D eigenvalue weighted by atomic mass is 10.2. The highest BCUT2D eigenvalue weighted by Crippen LogP contribution is 2.29. The number of aromatic nitrogens is 2. The molecule has 132 valence electrons. The van der Waals surface area contributed by atoms with E-state index in [1.807, 2.05) is 24.3 Å². The molecule has 0 saturated carbocycles. The van der Waals surface area contributed by atoms with Gasteiger partial charge in [-0.25, -0.2) is 9.97 Å². The Morgan fingerprint density at radius 1 is 1.00 bits per heavy atom. The summed E-state index contributed by atoms with van der Waals surface area (Å²) in [6, 6.07) is 11.1. The second-order valence-corrected chi connectivity index (χ2v) is 8.66. The molecular formula is C18H11Cl3N2OS2. The van der Waals surface area contributed by atoms with Crippen LogP contribution in [0.25, 0.3) is 11.1 Å². The molecule has 0 amide bonds. The second-order valence-electron chi connectivity index (χ2n) is 5.54. The molecular weight excluding hydrogens is 431 g/mol. The van der Waals surface area contributed by atoms with Crippen LogP contribution in [0, 0.1) is 0 Å². The second kappa shape index (κ2) is 7.79. The van der Waals surface area contributed by atoms with Crippen molar-refractivity contribution in [3.8, 4) is 0 Å². The van der Waals surface area contributed by atoms with E-state index in [9.17, 15) is 0 Å². The van der Waals surface area contributed by atoms with Gasteiger partial charge in [0.15, 0.2) is 5.58 Å². The van der Waals surface area contributed by atoms with Gasteiger partial charge in [0.2, 0.25) is 0 Å². The maximum Gasteiger partial charge on any atom is 0.257 e. The van der Waals surface area contributed by atoms with Crippen molar-refractivity contribution in [3.63, 3.8) is 0 Å². The number of benzene rings is 2. The zero-order valence-electron chi connectivity index (χ0n) is 13.2. The lowest BCUT2D eigenvalue weighted by Crippen LogP contribution is -1.89. The van der Waals surface area contributed by atoms with Crippen molar-refractivity contribution < 1.29 is 4.42 Å². The van der Waals surface area contributed by atoms with Crippen molar-refractivity contribution >= 4 is 69.0 Å². The van der Waals surface area contributed by atoms with Crippen molar-refractivity contribution in [1.29, 1.82) is 0 Å². The van der Waals surface area contributed by atoms with Crippen molar-refractivity contribution in [2.45, 2.75) is 17.4 Å². The Labute approximate surface area is 173 Å². The smallest absolute Gasteiger partial charge is 0.257 e. The average Bonchev–Trinajstić information content (AvgIpc) is 3.22. The summed E-state index contributed by atoms with van der Waals surface area (Å²) in [7, 11) is 0. The van der Waals surface area contributed by atoms with Gasteiger partial charge in [0, 0.05) is 28.6 Å². The highest BCUT2D eigenvalue weighted by Gasteiger charge is 2.10. The van der Waals surface area contributed by atoms with E-state index in [0.29, 0.717) is 31.6 Å². The number of rotatable bonds is 5. The number of thiazole rings is 1. The molecule has 0 fully saturated rings. The summed E-state index contributed by atoms with van der Waals surface area (Å²) in [4.78, 5) is 9.12. The van der Waals surface area contributed by atoms with E-state index in [0.717, 1.165) is 28.2 Å². The minimum atomic E-state index is 0.561. The van der Waals surface area contributed by atoms with E-state index < -0.39 is 0 Å². The third-order valence-electron chi connectivity index (χ3n) is 3.61. The SMILES string of the molecule is Clc1ccc2nc(SCc3csc(Cc4ccc(Cl)c(Cl)c4)n3)oc2c1. The molecule has 4 aromatic rings. The first-order valence-corrected chi connectivity index (χ1v) is 10.6. The quantitative estimate of drug-likeness (QED) is 0.309. The first-order chi connectivity index (χ1) is 12.6. The summed E-state index contributed by atoms with van der Waals surface area (Å²) in [5.41, 5.74) is 3.58. The Kier molecular flexibility index (Phi) is 5.43. The van der Waals surface area contributed by atoms with Gasteiger partial charge in [-0.15, -0.1) is 11.3 Å². The molecule has 2 aromatic heterocycles. The van der Waals surface area contributed by atoms with Gasteiger partial charge in [0.25, 0.3) is 5.22 Å². The van der Waals surface area contributed by atoms with Crippen molar-refractivity contribution in [3.05, 3.63) is 73.1 Å². The third kappa shape index (κ3) is 4.18. The minimum absolute atomic E-state index is 0.561. The van der Waals surface area contributed by atoms with Gasteiger partial charge < -0.3 is 4.42 Å². The van der Waals surface area contributed by atoms with Crippen molar-refractivity contribution in [2.75, 3.05) is 0 Å². The lowest BCUT2D eigenvalue weighted by Gasteiger charge is -2.00. The predicted octanol–water partition coefficient (Wildman–Crippen LogP) is 7.13. The van der Waals surface area contributed by atoms with Crippen LogP contribution in [-0.2, 0) is 12.2 Å². The van der Waals surface area contributed by atoms with Crippen LogP contribution < -0.4 is 0 Å². The van der Waals surface area contributed by atoms with Crippen molar-refractivity contribution in [2.24, 2.45) is 0 Å². The largest absolute Gasteiger partial charge is 0.431 e. The highest BCUT2D eigenvalue weighted by atomic mass is 35.5. The zero-order valence-corrected chi connectivity index (χ0v) is 17.1. The van der Waals surface area contributed by atoms with E-state index in [1.165, 1.54) is 11.8 Å². The Morgan fingerprint density at radius 3 is 2.73 bits per heavy atom. The van der Waals surface area contributed by atoms with Gasteiger partial charge in [0.05, 0.1) is 20.7 Å². The Balaban J connectivity index is 1.41. The first-order valence-electron chi connectivity index (χ1n) is 7.63. The molecule has 2 aromatic carbocycles. The maximum absolute atomic E-state index is 6.07. The zero-order chi connectivity index (χ0) is 18.1. The van der Waals surface area contributed by atoms with Crippen LogP contribution >= 0.6 is 57.9 Å². The molecule has 26 heavy (non-hydrogen) atoms. The summed E-state index contributed by atoms with van der Waals surface area (Å²) in [5.74, 6) is 0.693. The van der Waals surface area contributed by atoms with Crippen LogP contribution in [0.3, 0.4) is 0 Å². The molecule has 0 N–H and O–H groups in total. The fraction of sp³-hybridized carbons (Fsp3) is 0.111. The van der Waals surface area contributed by atoms with Crippen LogP contribution in [-0.4, -0.2) is 9.97 Å². The molecule has 0 aliphatic heterocycles. The number of nitrogens with zero attached hydrogens (tertiary/aromatic N) is 2. The normalized spacial score (nSPS) is 11.3. The lowest BCUT2D eigenvalue weighted by molar-refractivity contribution is 0.489. The van der Waals surface area contributed by atoms with Gasteiger partial charge in [0.1, 0.15) is 5.52 Å². The third-order valence-corrected chi connectivity index (χ3v) is 6.35. The number of fused-ring (bicyclic) bond motifs is 1. The summed E-state index contributed by atoms with van der Waals surface area (Å²) >= 11 is 21.1. The number of hydrogen-bond acceptors (Lipinski definition) is 5. The molecule has 0 aliphatic carbocycles. The van der Waals surface area contributed by atoms with Crippen LogP contribution in [0.4, 0.5) is 0 Å². The number of oxazole rings is 1. The van der Waals surface area contributed by atoms with Gasteiger partial charge in [-0.05, 0) is 29.8 Å². The van der Waals surface area contributed by atoms with Gasteiger partial charge >= 0.3 is 0 Å². The first kappa shape index (κ1) is 18.1. The molecule has 0 saturated heterocycles. The molecule has 2 heterocycles. The van der Waals surface area contributed by atoms with E-state index >= 15 is 0 Å². The molecule has 0 bridgehead atoms. The Bertz CT molecular complexity index is 1080. The van der Waals surface area contributed by atoms with E-state index in [1.54, 1.807) is 23.5 Å². The Morgan fingerprint density at radius 2 is 1.88 bits per heavy atom. The van der Waals surface area contributed by atoms with Gasteiger partial charge in [-0.1, -0.05) is 52.6 Å². The summed E-state index contributed by atoms with van der Waals surface area (Å²) in [6.45, 7) is 0. The monoisotopic (exact) mass is 440 g/mol. The molecule has 4 rings (SSSR count). The van der Waals surface area contributed by atoms with Crippen molar-refractivity contribution in [1.82, 2.24) is 9.97 Å². The van der Waals surface area contributed by atoms with E-state index in [2.05, 4.69) is 15.3 Å². The number of hydrogen-bond donors (Lipinski definition) is 0. The molecule has 8 heteroatoms. The fourth-order valence-corrected chi connectivity index (χ4v) is 4.54. The Hall–Kier alpha value is -1.24. The van der Waals surface area contributed by atoms with Crippen LogP contribution in [0.15, 0.2) is 51.4 Å². The van der Waals surface area contributed by atoms with Crippen LogP contribution in [0.1, 0.15) is 16.3 Å². The van der Waals surface area contributed by atoms with E-state index in [-0.39, 0.29) is 0 Å². The predicted molar refractivity (Wildman–Crippen MR) is 110 cm³/mol. The van der Waals surface area contributed by atoms with E-state index in [4.69, 9.17) is 39.2 Å². The van der Waals surface area contributed by atoms with Crippen LogP contribution in [0.2, 0.25) is 15.1 Å². The topological polar surface area (TPSA) is 38.9 Å². The summed E-state index contributed by atoms with van der Waals surface area (Å²) < 4.78 is 5.71. The molecule has 0 aliphatic rings. The highest BCUT2D eigenvalue weighted by molar-refractivity contribution is 7.98.